The average Bonchev–Trinajstić information content (AvgIpc) is 3.16. The van der Waals surface area contributed by atoms with Crippen LogP contribution in [-0.2, 0) is 19.4 Å². The van der Waals surface area contributed by atoms with Crippen molar-refractivity contribution in [1.29, 1.82) is 0 Å². The van der Waals surface area contributed by atoms with Crippen LogP contribution in [0.1, 0.15) is 24.0 Å². The highest BCUT2D eigenvalue weighted by molar-refractivity contribution is 5.33. The van der Waals surface area contributed by atoms with Gasteiger partial charge in [-0.3, -0.25) is 4.90 Å². The van der Waals surface area contributed by atoms with Crippen LogP contribution < -0.4 is 0 Å². The van der Waals surface area contributed by atoms with Gasteiger partial charge >= 0.3 is 0 Å². The van der Waals surface area contributed by atoms with Crippen LogP contribution in [0.15, 0.2) is 43.0 Å². The number of nitrogens with zero attached hydrogens (tertiary/aromatic N) is 3. The molecule has 0 amide bonds. The van der Waals surface area contributed by atoms with E-state index in [4.69, 9.17) is 0 Å². The van der Waals surface area contributed by atoms with E-state index in [1.54, 1.807) is 11.1 Å². The van der Waals surface area contributed by atoms with Crippen molar-refractivity contribution in [3.63, 3.8) is 0 Å². The molecular formula is C18H23N3. The Morgan fingerprint density at radius 2 is 1.76 bits per heavy atom. The number of hydrogen-bond donors (Lipinski definition) is 0. The third-order valence-corrected chi connectivity index (χ3v) is 5.22. The molecule has 1 aliphatic carbocycles. The summed E-state index contributed by atoms with van der Waals surface area (Å²) in [6.45, 7) is 3.66. The Labute approximate surface area is 126 Å². The second-order valence-corrected chi connectivity index (χ2v) is 6.57. The Morgan fingerprint density at radius 3 is 2.38 bits per heavy atom. The highest BCUT2D eigenvalue weighted by Gasteiger charge is 2.29. The third-order valence-electron chi connectivity index (χ3n) is 5.22. The van der Waals surface area contributed by atoms with Gasteiger partial charge in [0, 0.05) is 25.0 Å². The largest absolute Gasteiger partial charge is 0.337 e. The number of imidazole rings is 1. The molecule has 21 heavy (non-hydrogen) atoms. The zero-order valence-corrected chi connectivity index (χ0v) is 12.5. The Kier molecular flexibility index (Phi) is 3.52. The zero-order chi connectivity index (χ0) is 14.1. The molecule has 0 unspecified atom stereocenters. The van der Waals surface area contributed by atoms with E-state index in [1.807, 2.05) is 12.5 Å². The van der Waals surface area contributed by atoms with Crippen LogP contribution in [0, 0.1) is 5.92 Å². The molecule has 3 heteroatoms. The monoisotopic (exact) mass is 281 g/mol. The van der Waals surface area contributed by atoms with Crippen molar-refractivity contribution in [3.05, 3.63) is 54.1 Å². The molecular weight excluding hydrogens is 258 g/mol. The lowest BCUT2D eigenvalue weighted by Crippen LogP contribution is -2.42. The summed E-state index contributed by atoms with van der Waals surface area (Å²) in [5.74, 6) is 0.819. The summed E-state index contributed by atoms with van der Waals surface area (Å²) in [4.78, 5) is 6.87. The standard InChI is InChI=1S/C18H23N3/c1-2-4-17-12-18(11-16(17)3-1)21-8-5-15(6-9-21)13-20-10-7-19-14-20/h1-4,7,10,14-15,18H,5-6,8-9,11-13H2. The first-order chi connectivity index (χ1) is 10.4. The number of likely N-dealkylation sites (tertiary alicyclic amines) is 1. The van der Waals surface area contributed by atoms with Crippen molar-refractivity contribution in [3.8, 4) is 0 Å². The van der Waals surface area contributed by atoms with Crippen LogP contribution in [0.5, 0.6) is 0 Å². The number of benzene rings is 1. The van der Waals surface area contributed by atoms with E-state index in [0.717, 1.165) is 18.5 Å². The van der Waals surface area contributed by atoms with Gasteiger partial charge in [0.25, 0.3) is 0 Å². The molecule has 2 heterocycles. The van der Waals surface area contributed by atoms with Crippen LogP contribution >= 0.6 is 0 Å². The fourth-order valence-electron chi connectivity index (χ4n) is 3.99. The van der Waals surface area contributed by atoms with E-state index in [2.05, 4.69) is 44.9 Å². The fraction of sp³-hybridized carbons (Fsp3) is 0.500. The Balaban J connectivity index is 1.32. The van der Waals surface area contributed by atoms with Crippen molar-refractivity contribution in [2.45, 2.75) is 38.3 Å². The molecule has 1 aromatic carbocycles. The Hall–Kier alpha value is -1.61. The maximum absolute atomic E-state index is 4.14. The summed E-state index contributed by atoms with van der Waals surface area (Å²) in [5, 5.41) is 0. The van der Waals surface area contributed by atoms with Crippen LogP contribution in [0.4, 0.5) is 0 Å². The second-order valence-electron chi connectivity index (χ2n) is 6.57. The molecule has 0 spiro atoms. The first kappa shape index (κ1) is 13.1. The molecule has 1 aliphatic heterocycles. The third kappa shape index (κ3) is 2.75. The minimum atomic E-state index is 0.747. The van der Waals surface area contributed by atoms with Gasteiger partial charge in [0.05, 0.1) is 6.33 Å². The lowest BCUT2D eigenvalue weighted by molar-refractivity contribution is 0.129. The summed E-state index contributed by atoms with van der Waals surface area (Å²) in [7, 11) is 0. The normalized spacial score (nSPS) is 20.8. The minimum Gasteiger partial charge on any atom is -0.337 e. The highest BCUT2D eigenvalue weighted by atomic mass is 15.2. The van der Waals surface area contributed by atoms with Crippen LogP contribution in [0.2, 0.25) is 0 Å². The molecule has 4 rings (SSSR count). The van der Waals surface area contributed by atoms with Crippen molar-refractivity contribution in [2.75, 3.05) is 13.1 Å². The van der Waals surface area contributed by atoms with Crippen molar-refractivity contribution >= 4 is 0 Å². The second kappa shape index (κ2) is 5.64. The predicted octanol–water partition coefficient (Wildman–Crippen LogP) is 2.76. The van der Waals surface area contributed by atoms with Crippen molar-refractivity contribution in [2.24, 2.45) is 5.92 Å². The van der Waals surface area contributed by atoms with E-state index >= 15 is 0 Å². The summed E-state index contributed by atoms with van der Waals surface area (Å²) in [6, 6.07) is 9.72. The predicted molar refractivity (Wildman–Crippen MR) is 84.2 cm³/mol. The SMILES string of the molecule is c1ccc2c(c1)CC(N1CCC(Cn3ccnc3)CC1)C2. The molecule has 110 valence electrons. The van der Waals surface area contributed by atoms with Crippen molar-refractivity contribution in [1.82, 2.24) is 14.5 Å². The summed E-state index contributed by atoms with van der Waals surface area (Å²) < 4.78 is 2.23. The van der Waals surface area contributed by atoms with Gasteiger partial charge in [0.1, 0.15) is 0 Å². The highest BCUT2D eigenvalue weighted by Crippen LogP contribution is 2.29. The van der Waals surface area contributed by atoms with Crippen LogP contribution in [-0.4, -0.2) is 33.6 Å². The van der Waals surface area contributed by atoms with Gasteiger partial charge in [0.2, 0.25) is 0 Å². The van der Waals surface area contributed by atoms with Gasteiger partial charge < -0.3 is 4.57 Å². The molecule has 2 aromatic rings. The van der Waals surface area contributed by atoms with Crippen LogP contribution in [0.25, 0.3) is 0 Å². The van der Waals surface area contributed by atoms with Gasteiger partial charge in [-0.1, -0.05) is 24.3 Å². The van der Waals surface area contributed by atoms with Crippen LogP contribution in [0.3, 0.4) is 0 Å². The summed E-state index contributed by atoms with van der Waals surface area (Å²) >= 11 is 0. The van der Waals surface area contributed by atoms with E-state index in [-0.39, 0.29) is 0 Å². The number of hydrogen-bond acceptors (Lipinski definition) is 2. The fourth-order valence-corrected chi connectivity index (χ4v) is 3.99. The van der Waals surface area contributed by atoms with Gasteiger partial charge in [-0.05, 0) is 55.8 Å². The Morgan fingerprint density at radius 1 is 1.05 bits per heavy atom. The van der Waals surface area contributed by atoms with Gasteiger partial charge in [-0.15, -0.1) is 0 Å². The molecule has 1 saturated heterocycles. The topological polar surface area (TPSA) is 21.1 Å². The smallest absolute Gasteiger partial charge is 0.0945 e. The first-order valence-electron chi connectivity index (χ1n) is 8.15. The van der Waals surface area contributed by atoms with Crippen molar-refractivity contribution < 1.29 is 0 Å². The molecule has 0 bridgehead atoms. The van der Waals surface area contributed by atoms with E-state index in [1.165, 1.54) is 38.8 Å². The number of piperidine rings is 1. The molecule has 0 radical (unpaired) electrons. The first-order valence-corrected chi connectivity index (χ1v) is 8.15. The Bertz CT molecular complexity index is 557. The maximum Gasteiger partial charge on any atom is 0.0945 e. The van der Waals surface area contributed by atoms with E-state index in [0.29, 0.717) is 0 Å². The molecule has 3 nitrogen and oxygen atoms in total. The van der Waals surface area contributed by atoms with E-state index < -0.39 is 0 Å². The van der Waals surface area contributed by atoms with Gasteiger partial charge in [-0.2, -0.15) is 0 Å². The number of rotatable bonds is 3. The quantitative estimate of drug-likeness (QED) is 0.862. The molecule has 0 atom stereocenters. The molecule has 0 N–H and O–H groups in total. The lowest BCUT2D eigenvalue weighted by atomic mass is 9.95. The zero-order valence-electron chi connectivity index (χ0n) is 12.5. The lowest BCUT2D eigenvalue weighted by Gasteiger charge is -2.36. The minimum absolute atomic E-state index is 0.747. The van der Waals surface area contributed by atoms with E-state index in [9.17, 15) is 0 Å². The molecule has 2 aliphatic rings. The summed E-state index contributed by atoms with van der Waals surface area (Å²) in [5.41, 5.74) is 3.14. The number of aromatic nitrogens is 2. The molecule has 1 fully saturated rings. The average molecular weight is 281 g/mol. The molecule has 0 saturated carbocycles. The number of fused-ring (bicyclic) bond motifs is 1. The van der Waals surface area contributed by atoms with Gasteiger partial charge in [-0.25, -0.2) is 4.98 Å². The molecule has 1 aromatic heterocycles. The van der Waals surface area contributed by atoms with Gasteiger partial charge in [0.15, 0.2) is 0 Å². The summed E-state index contributed by atoms with van der Waals surface area (Å²) in [6.07, 6.45) is 11.1. The maximum atomic E-state index is 4.14.